The Morgan fingerprint density at radius 3 is 2.71 bits per heavy atom. The Balaban J connectivity index is 1.71. The molecule has 5 heteroatoms. The average Bonchev–Trinajstić information content (AvgIpc) is 3.24. The second kappa shape index (κ2) is 5.66. The molecule has 0 heterocycles. The molecule has 2 aromatic rings. The quantitative estimate of drug-likeness (QED) is 0.857. The Kier molecular flexibility index (Phi) is 3.87. The van der Waals surface area contributed by atoms with Crippen LogP contribution < -0.4 is 5.32 Å². The Hall–Kier alpha value is -1.58. The highest BCUT2D eigenvalue weighted by Crippen LogP contribution is 2.50. The van der Waals surface area contributed by atoms with Crippen molar-refractivity contribution < 1.29 is 9.18 Å². The second-order valence-electron chi connectivity index (χ2n) is 5.08. The minimum absolute atomic E-state index is 0.0981. The van der Waals surface area contributed by atoms with Crippen molar-refractivity contribution in [1.29, 1.82) is 0 Å². The normalized spacial score (nSPS) is 20.1. The lowest BCUT2D eigenvalue weighted by molar-refractivity contribution is -0.117. The molecule has 2 atom stereocenters. The van der Waals surface area contributed by atoms with Gasteiger partial charge in [0, 0.05) is 16.0 Å². The van der Waals surface area contributed by atoms with Crippen molar-refractivity contribution >= 4 is 34.8 Å². The van der Waals surface area contributed by atoms with E-state index in [2.05, 4.69) is 5.32 Å². The molecule has 2 nitrogen and oxygen atoms in total. The summed E-state index contributed by atoms with van der Waals surface area (Å²) in [5.41, 5.74) is 1.07. The van der Waals surface area contributed by atoms with Gasteiger partial charge < -0.3 is 5.32 Å². The van der Waals surface area contributed by atoms with Crippen LogP contribution in [0.5, 0.6) is 0 Å². The first kappa shape index (κ1) is 14.4. The summed E-state index contributed by atoms with van der Waals surface area (Å²) in [6.07, 6.45) is 0.720. The summed E-state index contributed by atoms with van der Waals surface area (Å²) in [5.74, 6) is -0.784. The van der Waals surface area contributed by atoms with Gasteiger partial charge >= 0.3 is 0 Å². The van der Waals surface area contributed by atoms with E-state index in [4.69, 9.17) is 23.2 Å². The molecule has 1 aliphatic carbocycles. The highest BCUT2D eigenvalue weighted by atomic mass is 35.5. The highest BCUT2D eigenvalue weighted by molar-refractivity contribution is 6.31. The van der Waals surface area contributed by atoms with Gasteiger partial charge in [-0.05, 0) is 42.2 Å². The molecule has 1 fully saturated rings. The van der Waals surface area contributed by atoms with E-state index in [1.165, 1.54) is 18.2 Å². The van der Waals surface area contributed by atoms with Crippen molar-refractivity contribution in [2.75, 3.05) is 5.32 Å². The van der Waals surface area contributed by atoms with Crippen molar-refractivity contribution in [1.82, 2.24) is 0 Å². The topological polar surface area (TPSA) is 29.1 Å². The lowest BCUT2D eigenvalue weighted by atomic mass is 10.1. The Morgan fingerprint density at radius 2 is 1.95 bits per heavy atom. The number of carbonyl (C=O) groups excluding carboxylic acids is 1. The van der Waals surface area contributed by atoms with E-state index >= 15 is 0 Å². The maximum absolute atomic E-state index is 13.6. The lowest BCUT2D eigenvalue weighted by Gasteiger charge is -2.07. The summed E-state index contributed by atoms with van der Waals surface area (Å²) in [6, 6.07) is 11.5. The van der Waals surface area contributed by atoms with E-state index in [0.717, 1.165) is 12.0 Å². The Morgan fingerprint density at radius 1 is 1.19 bits per heavy atom. The molecular weight excluding hydrogens is 312 g/mol. The van der Waals surface area contributed by atoms with Crippen LogP contribution in [-0.4, -0.2) is 5.91 Å². The summed E-state index contributed by atoms with van der Waals surface area (Å²) < 4.78 is 13.6. The number of hydrogen-bond donors (Lipinski definition) is 1. The minimum atomic E-state index is -0.498. The van der Waals surface area contributed by atoms with Crippen molar-refractivity contribution in [3.05, 3.63) is 63.9 Å². The van der Waals surface area contributed by atoms with Gasteiger partial charge in [0.1, 0.15) is 5.82 Å². The zero-order chi connectivity index (χ0) is 15.0. The summed E-state index contributed by atoms with van der Waals surface area (Å²) in [6.45, 7) is 0. The predicted octanol–water partition coefficient (Wildman–Crippen LogP) is 4.87. The van der Waals surface area contributed by atoms with E-state index in [9.17, 15) is 9.18 Å². The summed E-state index contributed by atoms with van der Waals surface area (Å²) in [7, 11) is 0. The molecule has 0 aromatic heterocycles. The van der Waals surface area contributed by atoms with Gasteiger partial charge in [-0.15, -0.1) is 0 Å². The van der Waals surface area contributed by atoms with Gasteiger partial charge in [0.15, 0.2) is 0 Å². The van der Waals surface area contributed by atoms with Crippen LogP contribution in [0.25, 0.3) is 0 Å². The minimum Gasteiger partial charge on any atom is -0.323 e. The third kappa shape index (κ3) is 3.04. The molecule has 21 heavy (non-hydrogen) atoms. The fraction of sp³-hybridized carbons (Fsp3) is 0.188. The van der Waals surface area contributed by atoms with Crippen LogP contribution in [0.2, 0.25) is 10.0 Å². The fourth-order valence-electron chi connectivity index (χ4n) is 2.42. The van der Waals surface area contributed by atoms with Gasteiger partial charge in [-0.1, -0.05) is 41.4 Å². The van der Waals surface area contributed by atoms with Gasteiger partial charge in [-0.3, -0.25) is 4.79 Å². The molecular formula is C16H12Cl2FNO. The first-order valence-electron chi connectivity index (χ1n) is 6.56. The molecule has 2 unspecified atom stereocenters. The molecule has 0 spiro atoms. The third-order valence-electron chi connectivity index (χ3n) is 3.62. The number of rotatable bonds is 3. The van der Waals surface area contributed by atoms with Crippen LogP contribution in [0.1, 0.15) is 17.9 Å². The second-order valence-corrected chi connectivity index (χ2v) is 5.93. The zero-order valence-corrected chi connectivity index (χ0v) is 12.5. The van der Waals surface area contributed by atoms with Gasteiger partial charge in [-0.2, -0.15) is 0 Å². The highest BCUT2D eigenvalue weighted by Gasteiger charge is 2.44. The lowest BCUT2D eigenvalue weighted by Crippen LogP contribution is -2.15. The molecule has 0 aliphatic heterocycles. The van der Waals surface area contributed by atoms with Crippen LogP contribution >= 0.6 is 23.2 Å². The van der Waals surface area contributed by atoms with E-state index in [-0.39, 0.29) is 23.4 Å². The molecule has 1 aliphatic rings. The van der Waals surface area contributed by atoms with Crippen molar-refractivity contribution in [3.8, 4) is 0 Å². The van der Waals surface area contributed by atoms with Gasteiger partial charge in [0.05, 0.1) is 5.69 Å². The monoisotopic (exact) mass is 323 g/mol. The molecule has 0 saturated heterocycles. The zero-order valence-electron chi connectivity index (χ0n) is 10.9. The maximum Gasteiger partial charge on any atom is 0.228 e. The van der Waals surface area contributed by atoms with Gasteiger partial charge in [0.25, 0.3) is 0 Å². The number of hydrogen-bond acceptors (Lipinski definition) is 1. The van der Waals surface area contributed by atoms with E-state index in [0.29, 0.717) is 10.0 Å². The number of nitrogens with one attached hydrogen (secondary N) is 1. The first-order chi connectivity index (χ1) is 10.1. The summed E-state index contributed by atoms with van der Waals surface area (Å²) >= 11 is 11.9. The molecule has 3 rings (SSSR count). The smallest absolute Gasteiger partial charge is 0.228 e. The molecule has 1 N–H and O–H groups in total. The number of amides is 1. The number of carbonyl (C=O) groups is 1. The standard InChI is InChI=1S/C16H12Cl2FNO/c17-9-5-6-14(19)15(7-9)20-16(21)12-8-11(12)10-3-1-2-4-13(10)18/h1-7,11-12H,8H2,(H,20,21). The number of benzene rings is 2. The van der Waals surface area contributed by atoms with Crippen LogP contribution in [0.4, 0.5) is 10.1 Å². The first-order valence-corrected chi connectivity index (χ1v) is 7.32. The molecule has 0 bridgehead atoms. The maximum atomic E-state index is 13.6. The van der Waals surface area contributed by atoms with Crippen molar-refractivity contribution in [3.63, 3.8) is 0 Å². The van der Waals surface area contributed by atoms with E-state index in [1.54, 1.807) is 6.07 Å². The third-order valence-corrected chi connectivity index (χ3v) is 4.20. The van der Waals surface area contributed by atoms with Gasteiger partial charge in [0.2, 0.25) is 5.91 Å². The molecule has 0 radical (unpaired) electrons. The van der Waals surface area contributed by atoms with Crippen LogP contribution in [0, 0.1) is 11.7 Å². The summed E-state index contributed by atoms with van der Waals surface area (Å²) in [4.78, 5) is 12.2. The molecule has 108 valence electrons. The molecule has 1 amide bonds. The largest absolute Gasteiger partial charge is 0.323 e. The van der Waals surface area contributed by atoms with Crippen LogP contribution in [-0.2, 0) is 4.79 Å². The van der Waals surface area contributed by atoms with E-state index in [1.807, 2.05) is 18.2 Å². The molecule has 1 saturated carbocycles. The van der Waals surface area contributed by atoms with Crippen LogP contribution in [0.15, 0.2) is 42.5 Å². The Bertz CT molecular complexity index is 704. The van der Waals surface area contributed by atoms with Crippen molar-refractivity contribution in [2.24, 2.45) is 5.92 Å². The average molecular weight is 324 g/mol. The summed E-state index contributed by atoms with van der Waals surface area (Å²) in [5, 5.41) is 3.63. The number of halogens is 3. The Labute approximate surface area is 131 Å². The molecule has 2 aromatic carbocycles. The van der Waals surface area contributed by atoms with Crippen LogP contribution in [0.3, 0.4) is 0 Å². The number of anilines is 1. The fourth-order valence-corrected chi connectivity index (χ4v) is 2.87. The predicted molar refractivity (Wildman–Crippen MR) is 82.3 cm³/mol. The van der Waals surface area contributed by atoms with Crippen molar-refractivity contribution in [2.45, 2.75) is 12.3 Å². The van der Waals surface area contributed by atoms with Gasteiger partial charge in [-0.25, -0.2) is 4.39 Å². The SMILES string of the molecule is O=C(Nc1cc(Cl)ccc1F)C1CC1c1ccccc1Cl. The van der Waals surface area contributed by atoms with E-state index < -0.39 is 5.82 Å².